The minimum absolute atomic E-state index is 0.225. The van der Waals surface area contributed by atoms with Crippen LogP contribution in [0.2, 0.25) is 0 Å². The number of halogens is 1. The molecule has 2 aromatic carbocycles. The Hall–Kier alpha value is -3.55. The summed E-state index contributed by atoms with van der Waals surface area (Å²) in [5, 5.41) is 9.90. The molecule has 0 bridgehead atoms. The van der Waals surface area contributed by atoms with Crippen LogP contribution in [-0.2, 0) is 11.2 Å². The molecule has 2 heterocycles. The van der Waals surface area contributed by atoms with E-state index in [1.165, 1.54) is 34.8 Å². The Labute approximate surface area is 160 Å². The maximum Gasteiger partial charge on any atom is 0.274 e. The Kier molecular flexibility index (Phi) is 4.60. The zero-order valence-electron chi connectivity index (χ0n) is 15.2. The predicted octanol–water partition coefficient (Wildman–Crippen LogP) is 2.91. The molecule has 0 fully saturated rings. The third-order valence-corrected chi connectivity index (χ3v) is 4.62. The van der Waals surface area contributed by atoms with Gasteiger partial charge in [-0.2, -0.15) is 10.1 Å². The van der Waals surface area contributed by atoms with Crippen molar-refractivity contribution in [3.8, 4) is 11.4 Å². The third kappa shape index (κ3) is 3.36. The third-order valence-electron chi connectivity index (χ3n) is 4.62. The molecular formula is C20H18FN5O2. The molecule has 0 aliphatic carbocycles. The van der Waals surface area contributed by atoms with Gasteiger partial charge >= 0.3 is 0 Å². The number of anilines is 1. The Balaban J connectivity index is 1.63. The van der Waals surface area contributed by atoms with Crippen molar-refractivity contribution < 1.29 is 13.7 Å². The second-order valence-corrected chi connectivity index (χ2v) is 6.46. The number of benzene rings is 2. The molecule has 3 aromatic rings. The number of rotatable bonds is 5. The highest BCUT2D eigenvalue weighted by atomic mass is 19.1. The van der Waals surface area contributed by atoms with Crippen LogP contribution in [0.4, 0.5) is 10.1 Å². The van der Waals surface area contributed by atoms with Gasteiger partial charge in [0.1, 0.15) is 17.6 Å². The second kappa shape index (κ2) is 7.22. The summed E-state index contributed by atoms with van der Waals surface area (Å²) >= 11 is 0. The zero-order valence-corrected chi connectivity index (χ0v) is 15.2. The maximum absolute atomic E-state index is 13.2. The number of primary amides is 1. The summed E-state index contributed by atoms with van der Waals surface area (Å²) in [6.45, 7) is 2.09. The fourth-order valence-corrected chi connectivity index (χ4v) is 3.04. The molecule has 1 aliphatic rings. The first-order valence-electron chi connectivity index (χ1n) is 8.90. The molecule has 2 N–H and O–H groups in total. The van der Waals surface area contributed by atoms with E-state index in [0.29, 0.717) is 17.2 Å². The molecule has 0 saturated carbocycles. The van der Waals surface area contributed by atoms with Crippen LogP contribution in [0.3, 0.4) is 0 Å². The van der Waals surface area contributed by atoms with Crippen LogP contribution in [0, 0.1) is 5.82 Å². The van der Waals surface area contributed by atoms with E-state index in [-0.39, 0.29) is 18.1 Å². The Morgan fingerprint density at radius 1 is 1.21 bits per heavy atom. The molecule has 0 radical (unpaired) electrons. The van der Waals surface area contributed by atoms with Gasteiger partial charge in [0.05, 0.1) is 5.69 Å². The summed E-state index contributed by atoms with van der Waals surface area (Å²) in [5.41, 5.74) is 8.57. The number of nitrogens with two attached hydrogens (primary N) is 1. The minimum atomic E-state index is -0.709. The molecule has 4 rings (SSSR count). The van der Waals surface area contributed by atoms with Crippen LogP contribution in [-0.4, -0.2) is 27.8 Å². The number of hydrazone groups is 1. The first-order valence-corrected chi connectivity index (χ1v) is 8.90. The molecule has 1 unspecified atom stereocenters. The number of carbonyl (C=O) groups is 1. The molecule has 0 spiro atoms. The molecule has 1 aromatic heterocycles. The zero-order chi connectivity index (χ0) is 19.7. The van der Waals surface area contributed by atoms with Gasteiger partial charge in [-0.25, -0.2) is 4.39 Å². The van der Waals surface area contributed by atoms with Gasteiger partial charge in [0.15, 0.2) is 0 Å². The summed E-state index contributed by atoms with van der Waals surface area (Å²) in [6.07, 6.45) is 1.17. The minimum Gasteiger partial charge on any atom is -0.368 e. The average Bonchev–Trinajstić information content (AvgIpc) is 3.36. The van der Waals surface area contributed by atoms with Crippen LogP contribution in [0.15, 0.2) is 58.2 Å². The highest BCUT2D eigenvalue weighted by Crippen LogP contribution is 2.27. The van der Waals surface area contributed by atoms with Gasteiger partial charge in [-0.3, -0.25) is 9.80 Å². The summed E-state index contributed by atoms with van der Waals surface area (Å²) in [4.78, 5) is 16.3. The van der Waals surface area contributed by atoms with Crippen molar-refractivity contribution in [3.63, 3.8) is 0 Å². The molecule has 1 atom stereocenters. The largest absolute Gasteiger partial charge is 0.368 e. The number of carbonyl (C=O) groups excluding carboxylic acids is 1. The van der Waals surface area contributed by atoms with Gasteiger partial charge in [0, 0.05) is 12.0 Å². The number of nitrogens with zero attached hydrogens (tertiary/aromatic N) is 4. The second-order valence-electron chi connectivity index (χ2n) is 6.46. The van der Waals surface area contributed by atoms with Gasteiger partial charge in [-0.1, -0.05) is 36.3 Å². The monoisotopic (exact) mass is 379 g/mol. The predicted molar refractivity (Wildman–Crippen MR) is 102 cm³/mol. The van der Waals surface area contributed by atoms with E-state index in [0.717, 1.165) is 12.0 Å². The molecule has 7 nitrogen and oxygen atoms in total. The van der Waals surface area contributed by atoms with Crippen molar-refractivity contribution in [2.75, 3.05) is 5.01 Å². The maximum atomic E-state index is 13.2. The lowest BCUT2D eigenvalue weighted by atomic mass is 10.1. The average molecular weight is 379 g/mol. The van der Waals surface area contributed by atoms with E-state index >= 15 is 0 Å². The number of hydrogen-bond acceptors (Lipinski definition) is 6. The lowest BCUT2D eigenvalue weighted by Crippen LogP contribution is -2.39. The van der Waals surface area contributed by atoms with Gasteiger partial charge in [0.25, 0.3) is 5.89 Å². The summed E-state index contributed by atoms with van der Waals surface area (Å²) in [5.74, 6) is -0.252. The highest BCUT2D eigenvalue weighted by Gasteiger charge is 2.35. The van der Waals surface area contributed by atoms with Crippen molar-refractivity contribution in [1.29, 1.82) is 0 Å². The van der Waals surface area contributed by atoms with Crippen LogP contribution in [0.25, 0.3) is 11.4 Å². The van der Waals surface area contributed by atoms with Crippen molar-refractivity contribution in [1.82, 2.24) is 10.1 Å². The highest BCUT2D eigenvalue weighted by molar-refractivity contribution is 6.04. The topological polar surface area (TPSA) is 97.6 Å². The molecule has 28 heavy (non-hydrogen) atoms. The standard InChI is InChI=1S/C20H18FN5O2/c1-2-12-3-5-13(6-4-12)19-23-20(28-25-19)16-11-17(18(22)27)26(24-16)15-9-7-14(21)8-10-15/h3-10,17H,2,11H2,1H3,(H2,22,27). The number of aryl methyl sites for hydroxylation is 1. The lowest BCUT2D eigenvalue weighted by Gasteiger charge is -2.20. The van der Waals surface area contributed by atoms with Crippen molar-refractivity contribution in [3.05, 3.63) is 65.8 Å². The molecular weight excluding hydrogens is 361 g/mol. The van der Waals surface area contributed by atoms with E-state index in [2.05, 4.69) is 22.2 Å². The van der Waals surface area contributed by atoms with Crippen molar-refractivity contribution in [2.24, 2.45) is 10.8 Å². The van der Waals surface area contributed by atoms with E-state index in [9.17, 15) is 9.18 Å². The molecule has 8 heteroatoms. The van der Waals surface area contributed by atoms with Crippen LogP contribution in [0.1, 0.15) is 24.8 Å². The van der Waals surface area contributed by atoms with Gasteiger partial charge in [-0.05, 0) is 36.2 Å². The lowest BCUT2D eigenvalue weighted by molar-refractivity contribution is -0.119. The van der Waals surface area contributed by atoms with Crippen molar-refractivity contribution in [2.45, 2.75) is 25.8 Å². The fourth-order valence-electron chi connectivity index (χ4n) is 3.04. The number of amides is 1. The van der Waals surface area contributed by atoms with E-state index in [4.69, 9.17) is 10.3 Å². The van der Waals surface area contributed by atoms with Crippen molar-refractivity contribution >= 4 is 17.3 Å². The smallest absolute Gasteiger partial charge is 0.274 e. The molecule has 1 amide bonds. The quantitative estimate of drug-likeness (QED) is 0.735. The van der Waals surface area contributed by atoms with Gasteiger partial charge in [-0.15, -0.1) is 0 Å². The molecule has 0 saturated heterocycles. The normalized spacial score (nSPS) is 16.3. The van der Waals surface area contributed by atoms with Crippen LogP contribution in [0.5, 0.6) is 0 Å². The first-order chi connectivity index (χ1) is 13.5. The van der Waals surface area contributed by atoms with Gasteiger partial charge < -0.3 is 10.3 Å². The summed E-state index contributed by atoms with van der Waals surface area (Å²) in [7, 11) is 0. The number of aromatic nitrogens is 2. The fraction of sp³-hybridized carbons (Fsp3) is 0.200. The Morgan fingerprint density at radius 2 is 1.93 bits per heavy atom. The Morgan fingerprint density at radius 3 is 2.57 bits per heavy atom. The Bertz CT molecular complexity index is 1030. The van der Waals surface area contributed by atoms with E-state index in [1.54, 1.807) is 0 Å². The molecule has 1 aliphatic heterocycles. The summed E-state index contributed by atoms with van der Waals surface area (Å²) in [6, 6.07) is 12.8. The number of hydrogen-bond donors (Lipinski definition) is 1. The molecule has 142 valence electrons. The first kappa shape index (κ1) is 17.8. The van der Waals surface area contributed by atoms with E-state index < -0.39 is 11.9 Å². The van der Waals surface area contributed by atoms with Crippen LogP contribution < -0.4 is 10.7 Å². The summed E-state index contributed by atoms with van der Waals surface area (Å²) < 4.78 is 18.6. The SMILES string of the molecule is CCc1ccc(-c2noc(C3=NN(c4ccc(F)cc4)C(C(N)=O)C3)n2)cc1. The van der Waals surface area contributed by atoms with E-state index in [1.807, 2.05) is 24.3 Å². The van der Waals surface area contributed by atoms with Gasteiger partial charge in [0.2, 0.25) is 11.7 Å². The van der Waals surface area contributed by atoms with Crippen LogP contribution >= 0.6 is 0 Å².